The van der Waals surface area contributed by atoms with Gasteiger partial charge in [0.05, 0.1) is 5.75 Å². The van der Waals surface area contributed by atoms with Gasteiger partial charge in [0, 0.05) is 18.5 Å². The molecule has 7 heteroatoms. The Hall–Kier alpha value is -1.37. The van der Waals surface area contributed by atoms with Crippen LogP contribution in [0.2, 0.25) is 0 Å². The first-order chi connectivity index (χ1) is 7.92. The molecule has 1 heterocycles. The fourth-order valence-corrected chi connectivity index (χ4v) is 1.79. The molecule has 1 aromatic rings. The lowest BCUT2D eigenvalue weighted by Gasteiger charge is -2.00. The van der Waals surface area contributed by atoms with Gasteiger partial charge in [-0.15, -0.1) is 0 Å². The molecular formula is C10H17N3O3S. The van der Waals surface area contributed by atoms with Gasteiger partial charge < -0.3 is 5.32 Å². The number of carbonyl (C=O) groups is 1. The second-order valence-electron chi connectivity index (χ2n) is 3.91. The van der Waals surface area contributed by atoms with E-state index in [2.05, 4.69) is 15.5 Å². The van der Waals surface area contributed by atoms with E-state index in [1.54, 1.807) is 6.07 Å². The number of aryl methyl sites for hydroxylation is 1. The van der Waals surface area contributed by atoms with Gasteiger partial charge in [0.1, 0.15) is 15.5 Å². The highest BCUT2D eigenvalue weighted by molar-refractivity contribution is 7.90. The van der Waals surface area contributed by atoms with Crippen LogP contribution in [0.15, 0.2) is 6.07 Å². The Balaban J connectivity index is 2.46. The van der Waals surface area contributed by atoms with E-state index >= 15 is 0 Å². The Morgan fingerprint density at radius 3 is 2.82 bits per heavy atom. The van der Waals surface area contributed by atoms with Crippen LogP contribution in [0.4, 0.5) is 0 Å². The molecule has 96 valence electrons. The fraction of sp³-hybridized carbons (Fsp3) is 0.600. The predicted molar refractivity (Wildman–Crippen MR) is 64.6 cm³/mol. The van der Waals surface area contributed by atoms with Gasteiger partial charge >= 0.3 is 0 Å². The summed E-state index contributed by atoms with van der Waals surface area (Å²) in [4.78, 5) is 11.6. The Morgan fingerprint density at radius 2 is 2.24 bits per heavy atom. The molecule has 0 atom stereocenters. The molecule has 1 rings (SSSR count). The summed E-state index contributed by atoms with van der Waals surface area (Å²) in [6, 6.07) is 1.68. The Morgan fingerprint density at radius 1 is 1.53 bits per heavy atom. The van der Waals surface area contributed by atoms with Crippen LogP contribution in [0.25, 0.3) is 0 Å². The second kappa shape index (κ2) is 5.81. The molecule has 2 N–H and O–H groups in total. The number of rotatable bonds is 6. The van der Waals surface area contributed by atoms with Gasteiger partial charge in [0.2, 0.25) is 0 Å². The molecule has 0 unspecified atom stereocenters. The lowest BCUT2D eigenvalue weighted by atomic mass is 10.2. The molecule has 0 radical (unpaired) electrons. The number of aromatic nitrogens is 2. The van der Waals surface area contributed by atoms with Gasteiger partial charge in [0.15, 0.2) is 0 Å². The Kier molecular flexibility index (Phi) is 4.68. The van der Waals surface area contributed by atoms with Crippen molar-refractivity contribution in [3.05, 3.63) is 17.5 Å². The largest absolute Gasteiger partial charge is 0.350 e. The summed E-state index contributed by atoms with van der Waals surface area (Å²) >= 11 is 0. The maximum Gasteiger partial charge on any atom is 0.271 e. The molecule has 0 aromatic carbocycles. The minimum atomic E-state index is -3.05. The monoisotopic (exact) mass is 259 g/mol. The number of carbonyl (C=O) groups excluding carboxylic acids is 1. The first-order valence-electron chi connectivity index (χ1n) is 5.42. The average molecular weight is 259 g/mol. The second-order valence-corrected chi connectivity index (χ2v) is 6.17. The lowest BCUT2D eigenvalue weighted by molar-refractivity contribution is 0.0951. The summed E-state index contributed by atoms with van der Waals surface area (Å²) in [6.07, 6.45) is 2.94. The molecule has 0 aliphatic heterocycles. The highest BCUT2D eigenvalue weighted by Gasteiger charge is 2.10. The van der Waals surface area contributed by atoms with Crippen molar-refractivity contribution in [2.24, 2.45) is 0 Å². The van der Waals surface area contributed by atoms with E-state index in [0.29, 0.717) is 5.69 Å². The topological polar surface area (TPSA) is 91.9 Å². The van der Waals surface area contributed by atoms with Crippen LogP contribution < -0.4 is 5.32 Å². The van der Waals surface area contributed by atoms with Gasteiger partial charge in [0.25, 0.3) is 5.91 Å². The van der Waals surface area contributed by atoms with Crippen LogP contribution in [-0.4, -0.2) is 43.1 Å². The number of H-pyrrole nitrogens is 1. The molecule has 17 heavy (non-hydrogen) atoms. The van der Waals surface area contributed by atoms with Crippen molar-refractivity contribution in [2.45, 2.75) is 19.8 Å². The molecule has 0 spiro atoms. The molecule has 0 fully saturated rings. The Bertz CT molecular complexity index is 479. The number of amides is 1. The smallest absolute Gasteiger partial charge is 0.271 e. The zero-order chi connectivity index (χ0) is 12.9. The van der Waals surface area contributed by atoms with E-state index in [9.17, 15) is 13.2 Å². The van der Waals surface area contributed by atoms with Crippen LogP contribution in [0.1, 0.15) is 29.5 Å². The zero-order valence-electron chi connectivity index (χ0n) is 9.99. The summed E-state index contributed by atoms with van der Waals surface area (Å²) < 4.78 is 21.7. The highest BCUT2D eigenvalue weighted by atomic mass is 32.2. The van der Waals surface area contributed by atoms with Gasteiger partial charge in [-0.25, -0.2) is 8.42 Å². The minimum absolute atomic E-state index is 0.0645. The van der Waals surface area contributed by atoms with Crippen molar-refractivity contribution >= 4 is 15.7 Å². The van der Waals surface area contributed by atoms with Crippen LogP contribution >= 0.6 is 0 Å². The third kappa shape index (κ3) is 4.99. The van der Waals surface area contributed by atoms with Gasteiger partial charge in [-0.05, 0) is 12.5 Å². The Labute approximate surface area is 101 Å². The molecule has 0 saturated heterocycles. The third-order valence-electron chi connectivity index (χ3n) is 2.14. The van der Waals surface area contributed by atoms with E-state index in [-0.39, 0.29) is 18.2 Å². The molecule has 6 nitrogen and oxygen atoms in total. The fourth-order valence-electron chi connectivity index (χ4n) is 1.32. The normalized spacial score (nSPS) is 11.4. The molecule has 0 saturated carbocycles. The van der Waals surface area contributed by atoms with Crippen molar-refractivity contribution in [2.75, 3.05) is 18.6 Å². The van der Waals surface area contributed by atoms with E-state index in [1.165, 1.54) is 0 Å². The van der Waals surface area contributed by atoms with Crippen molar-refractivity contribution in [3.63, 3.8) is 0 Å². The van der Waals surface area contributed by atoms with Gasteiger partial charge in [-0.1, -0.05) is 13.3 Å². The number of nitrogens with zero attached hydrogens (tertiary/aromatic N) is 1. The summed E-state index contributed by atoms with van der Waals surface area (Å²) in [7, 11) is -3.05. The standard InChI is InChI=1S/C10H17N3O3S/c1-3-4-8-7-9(13-12-8)10(14)11-5-6-17(2,15)16/h7H,3-6H2,1-2H3,(H,11,14)(H,12,13). The quantitative estimate of drug-likeness (QED) is 0.760. The van der Waals surface area contributed by atoms with Crippen LogP contribution in [0.3, 0.4) is 0 Å². The lowest BCUT2D eigenvalue weighted by Crippen LogP contribution is -2.29. The van der Waals surface area contributed by atoms with Crippen molar-refractivity contribution in [1.29, 1.82) is 0 Å². The minimum Gasteiger partial charge on any atom is -0.350 e. The number of nitrogens with one attached hydrogen (secondary N) is 2. The maximum atomic E-state index is 11.6. The van der Waals surface area contributed by atoms with Gasteiger partial charge in [-0.3, -0.25) is 9.89 Å². The molecule has 0 aliphatic carbocycles. The molecule has 0 aliphatic rings. The molecule has 1 aromatic heterocycles. The number of hydrogen-bond acceptors (Lipinski definition) is 4. The van der Waals surface area contributed by atoms with E-state index < -0.39 is 9.84 Å². The summed E-state index contributed by atoms with van der Waals surface area (Å²) in [5.74, 6) is -0.419. The average Bonchev–Trinajstić information content (AvgIpc) is 2.65. The number of hydrogen-bond donors (Lipinski definition) is 2. The first kappa shape index (κ1) is 13.7. The van der Waals surface area contributed by atoms with E-state index in [4.69, 9.17) is 0 Å². The van der Waals surface area contributed by atoms with Crippen molar-refractivity contribution < 1.29 is 13.2 Å². The highest BCUT2D eigenvalue weighted by Crippen LogP contribution is 2.02. The van der Waals surface area contributed by atoms with Crippen LogP contribution in [-0.2, 0) is 16.3 Å². The number of aromatic amines is 1. The first-order valence-corrected chi connectivity index (χ1v) is 7.48. The molecule has 1 amide bonds. The van der Waals surface area contributed by atoms with Crippen LogP contribution in [0, 0.1) is 0 Å². The SMILES string of the molecule is CCCc1cc(C(=O)NCCS(C)(=O)=O)n[nH]1. The predicted octanol–water partition coefficient (Wildman–Crippen LogP) is 0.137. The third-order valence-corrected chi connectivity index (χ3v) is 3.09. The molecule has 0 bridgehead atoms. The zero-order valence-corrected chi connectivity index (χ0v) is 10.8. The summed E-state index contributed by atoms with van der Waals surface area (Å²) in [5.41, 5.74) is 1.20. The van der Waals surface area contributed by atoms with Crippen molar-refractivity contribution in [1.82, 2.24) is 15.5 Å². The van der Waals surface area contributed by atoms with E-state index in [1.807, 2.05) is 6.92 Å². The molecular weight excluding hydrogens is 242 g/mol. The van der Waals surface area contributed by atoms with Crippen LogP contribution in [0.5, 0.6) is 0 Å². The van der Waals surface area contributed by atoms with Gasteiger partial charge in [-0.2, -0.15) is 5.10 Å². The number of sulfone groups is 1. The maximum absolute atomic E-state index is 11.6. The summed E-state index contributed by atoms with van der Waals surface area (Å²) in [5, 5.41) is 9.14. The summed E-state index contributed by atoms with van der Waals surface area (Å²) in [6.45, 7) is 2.14. The van der Waals surface area contributed by atoms with Crippen molar-refractivity contribution in [3.8, 4) is 0 Å². The van der Waals surface area contributed by atoms with E-state index in [0.717, 1.165) is 24.8 Å².